The number of hydrogen-bond donors (Lipinski definition) is 5. The predicted molar refractivity (Wildman–Crippen MR) is 127 cm³/mol. The number of rotatable bonds is 5. The third-order valence-corrected chi connectivity index (χ3v) is 6.01. The third kappa shape index (κ3) is 3.72. The van der Waals surface area contributed by atoms with Crippen LogP contribution in [0, 0.1) is 6.92 Å². The molecule has 32 heavy (non-hydrogen) atoms. The number of carbonyl (C=O) groups excluding carboxylic acids is 1. The maximum absolute atomic E-state index is 11.9. The van der Waals surface area contributed by atoms with Gasteiger partial charge in [-0.25, -0.2) is 4.99 Å². The van der Waals surface area contributed by atoms with E-state index >= 15 is 0 Å². The van der Waals surface area contributed by atoms with Crippen molar-refractivity contribution in [3.8, 4) is 0 Å². The van der Waals surface area contributed by atoms with Crippen LogP contribution in [0.4, 0.5) is 0 Å². The highest BCUT2D eigenvalue weighted by Gasteiger charge is 2.31. The summed E-state index contributed by atoms with van der Waals surface area (Å²) in [6.07, 6.45) is 6.43. The van der Waals surface area contributed by atoms with Crippen molar-refractivity contribution in [1.82, 2.24) is 20.9 Å². The zero-order chi connectivity index (χ0) is 22.1. The lowest BCUT2D eigenvalue weighted by Crippen LogP contribution is -2.53. The molecular weight excluding hydrogens is 400 g/mol. The van der Waals surface area contributed by atoms with Crippen molar-refractivity contribution < 1.29 is 4.79 Å². The zero-order valence-electron chi connectivity index (χ0n) is 17.9. The largest absolute Gasteiger partial charge is 0.366 e. The maximum Gasteiger partial charge on any atom is 0.250 e. The van der Waals surface area contributed by atoms with Gasteiger partial charge in [0, 0.05) is 35.0 Å². The number of aromatic nitrogens is 1. The number of H-pyrrole nitrogens is 1. The molecule has 3 aromatic rings. The summed E-state index contributed by atoms with van der Waals surface area (Å²) in [7, 11) is 0. The van der Waals surface area contributed by atoms with E-state index < -0.39 is 5.91 Å². The summed E-state index contributed by atoms with van der Waals surface area (Å²) < 4.78 is 0. The number of amides is 1. The summed E-state index contributed by atoms with van der Waals surface area (Å²) in [4.78, 5) is 20.0. The second kappa shape index (κ2) is 8.45. The normalized spacial score (nSPS) is 20.2. The highest BCUT2D eigenvalue weighted by Crippen LogP contribution is 2.32. The molecule has 2 aliphatic rings. The monoisotopic (exact) mass is 426 g/mol. The zero-order valence-corrected chi connectivity index (χ0v) is 17.9. The van der Waals surface area contributed by atoms with Crippen LogP contribution in [0.25, 0.3) is 10.9 Å². The number of benzene rings is 2. The number of hydrogen-bond acceptors (Lipinski definition) is 5. The van der Waals surface area contributed by atoms with Crippen LogP contribution in [0.5, 0.6) is 0 Å². The summed E-state index contributed by atoms with van der Waals surface area (Å²) in [5, 5.41) is 11.9. The quantitative estimate of drug-likeness (QED) is 0.432. The van der Waals surface area contributed by atoms with Crippen molar-refractivity contribution >= 4 is 23.0 Å². The van der Waals surface area contributed by atoms with E-state index in [1.54, 1.807) is 6.07 Å². The second-order valence-corrected chi connectivity index (χ2v) is 8.08. The first kappa shape index (κ1) is 20.2. The van der Waals surface area contributed by atoms with Crippen LogP contribution in [-0.2, 0) is 6.54 Å². The standard InChI is InChI=1S/C25H26N6O/c1-15-20(17-11-7-12-18(22(26)32)21(17)29-15)25-30-23-19(10-5-6-13-27-23)24(31-25)28-14-16-8-3-2-4-9-16/h2-9,11-13,24-25,28-31H,10,14H2,1H3,(H2,26,32). The number of carbonyl (C=O) groups is 1. The molecule has 2 atom stereocenters. The number of aryl methyl sites for hydroxylation is 1. The molecule has 2 aromatic carbocycles. The van der Waals surface area contributed by atoms with Crippen LogP contribution in [0.1, 0.15) is 39.8 Å². The Morgan fingerprint density at radius 2 is 2.03 bits per heavy atom. The van der Waals surface area contributed by atoms with Gasteiger partial charge < -0.3 is 16.0 Å². The van der Waals surface area contributed by atoms with Crippen LogP contribution in [0.15, 0.2) is 77.1 Å². The fraction of sp³-hybridized carbons (Fsp3) is 0.200. The molecule has 7 heteroatoms. The van der Waals surface area contributed by atoms with Gasteiger partial charge in [-0.1, -0.05) is 48.5 Å². The van der Waals surface area contributed by atoms with Gasteiger partial charge >= 0.3 is 0 Å². The van der Waals surface area contributed by atoms with Crippen LogP contribution >= 0.6 is 0 Å². The minimum absolute atomic E-state index is 0.0694. The molecule has 0 spiro atoms. The Morgan fingerprint density at radius 3 is 2.84 bits per heavy atom. The summed E-state index contributed by atoms with van der Waals surface area (Å²) >= 11 is 0. The lowest BCUT2D eigenvalue weighted by Gasteiger charge is -2.36. The maximum atomic E-state index is 11.9. The third-order valence-electron chi connectivity index (χ3n) is 6.01. The second-order valence-electron chi connectivity index (χ2n) is 8.08. The molecule has 162 valence electrons. The molecule has 0 bridgehead atoms. The molecule has 7 nitrogen and oxygen atoms in total. The van der Waals surface area contributed by atoms with E-state index in [1.165, 1.54) is 5.56 Å². The smallest absolute Gasteiger partial charge is 0.250 e. The fourth-order valence-corrected chi connectivity index (χ4v) is 4.48. The Hall–Kier alpha value is -3.68. The van der Waals surface area contributed by atoms with Gasteiger partial charge in [0.2, 0.25) is 0 Å². The van der Waals surface area contributed by atoms with Crippen LogP contribution in [-0.4, -0.2) is 23.3 Å². The first-order valence-corrected chi connectivity index (χ1v) is 10.7. The summed E-state index contributed by atoms with van der Waals surface area (Å²) in [5.74, 6) is 0.420. The van der Waals surface area contributed by atoms with Crippen molar-refractivity contribution in [3.05, 3.63) is 94.5 Å². The van der Waals surface area contributed by atoms with E-state index in [2.05, 4.69) is 44.1 Å². The minimum Gasteiger partial charge on any atom is -0.366 e. The number of para-hydroxylation sites is 1. The summed E-state index contributed by atoms with van der Waals surface area (Å²) in [6, 6.07) is 16.0. The van der Waals surface area contributed by atoms with E-state index in [0.717, 1.165) is 46.5 Å². The van der Waals surface area contributed by atoms with E-state index in [1.807, 2.05) is 49.5 Å². The van der Waals surface area contributed by atoms with Crippen LogP contribution in [0.2, 0.25) is 0 Å². The molecule has 3 heterocycles. The molecule has 0 radical (unpaired) electrons. The Kier molecular flexibility index (Phi) is 5.34. The molecule has 6 N–H and O–H groups in total. The van der Waals surface area contributed by atoms with Gasteiger partial charge in [-0.3, -0.25) is 15.4 Å². The molecule has 1 amide bonds. The Morgan fingerprint density at radius 1 is 1.19 bits per heavy atom. The Bertz CT molecular complexity index is 1250. The topological polar surface area (TPSA) is 107 Å². The van der Waals surface area contributed by atoms with Crippen molar-refractivity contribution in [2.24, 2.45) is 10.7 Å². The Balaban J connectivity index is 1.52. The molecule has 0 saturated carbocycles. The first-order chi connectivity index (χ1) is 15.6. The average molecular weight is 427 g/mol. The van der Waals surface area contributed by atoms with E-state index in [0.29, 0.717) is 5.56 Å². The molecule has 5 rings (SSSR count). The highest BCUT2D eigenvalue weighted by molar-refractivity contribution is 6.06. The van der Waals surface area contributed by atoms with Crippen LogP contribution < -0.4 is 21.7 Å². The fourth-order valence-electron chi connectivity index (χ4n) is 4.48. The van der Waals surface area contributed by atoms with Crippen LogP contribution in [0.3, 0.4) is 0 Å². The minimum atomic E-state index is -0.445. The SMILES string of the molecule is Cc1[nH]c2c(C(N)=O)cccc2c1C1NC2=C(CC=CC=N2)C(NCc2ccccc2)N1. The summed E-state index contributed by atoms with van der Waals surface area (Å²) in [6.45, 7) is 2.74. The van der Waals surface area contributed by atoms with E-state index in [4.69, 9.17) is 5.73 Å². The van der Waals surface area contributed by atoms with Crippen molar-refractivity contribution in [2.45, 2.75) is 32.2 Å². The molecule has 2 unspecified atom stereocenters. The van der Waals surface area contributed by atoms with E-state index in [-0.39, 0.29) is 12.3 Å². The average Bonchev–Trinajstić information content (AvgIpc) is 2.96. The molecule has 2 aliphatic heterocycles. The number of nitrogens with one attached hydrogen (secondary N) is 4. The van der Waals surface area contributed by atoms with Gasteiger partial charge in [-0.05, 0) is 31.1 Å². The van der Waals surface area contributed by atoms with Gasteiger partial charge in [0.15, 0.2) is 0 Å². The predicted octanol–water partition coefficient (Wildman–Crippen LogP) is 3.12. The first-order valence-electron chi connectivity index (χ1n) is 10.7. The van der Waals surface area contributed by atoms with Gasteiger partial charge in [-0.15, -0.1) is 0 Å². The lowest BCUT2D eigenvalue weighted by molar-refractivity contribution is 0.100. The molecule has 0 aliphatic carbocycles. The molecule has 0 saturated heterocycles. The van der Waals surface area contributed by atoms with Gasteiger partial charge in [0.25, 0.3) is 5.91 Å². The summed E-state index contributed by atoms with van der Waals surface area (Å²) in [5.41, 5.74) is 11.3. The molecular formula is C25H26N6O. The van der Waals surface area contributed by atoms with Crippen molar-refractivity contribution in [3.63, 3.8) is 0 Å². The van der Waals surface area contributed by atoms with Gasteiger partial charge in [-0.2, -0.15) is 0 Å². The number of fused-ring (bicyclic) bond motifs is 1. The number of aromatic amines is 1. The number of nitrogens with zero attached hydrogens (tertiary/aromatic N) is 1. The van der Waals surface area contributed by atoms with Gasteiger partial charge in [0.05, 0.1) is 17.2 Å². The number of aliphatic imine (C=N–C) groups is 1. The lowest BCUT2D eigenvalue weighted by atomic mass is 10.0. The van der Waals surface area contributed by atoms with Gasteiger partial charge in [0.1, 0.15) is 12.0 Å². The molecule has 1 aromatic heterocycles. The molecule has 0 fully saturated rings. The van der Waals surface area contributed by atoms with Crippen molar-refractivity contribution in [2.75, 3.05) is 0 Å². The number of allylic oxidation sites excluding steroid dienone is 2. The van der Waals surface area contributed by atoms with E-state index in [9.17, 15) is 4.79 Å². The Labute approximate surface area is 186 Å². The number of primary amides is 1. The van der Waals surface area contributed by atoms with Crippen molar-refractivity contribution in [1.29, 1.82) is 0 Å². The number of nitrogens with two attached hydrogens (primary N) is 1. The highest BCUT2D eigenvalue weighted by atomic mass is 16.1.